The van der Waals surface area contributed by atoms with E-state index in [0.29, 0.717) is 35.0 Å². The summed E-state index contributed by atoms with van der Waals surface area (Å²) in [5.74, 6) is 1.34. The van der Waals surface area contributed by atoms with E-state index in [1.54, 1.807) is 6.26 Å². The van der Waals surface area contributed by atoms with Crippen LogP contribution in [-0.4, -0.2) is 43.1 Å². The summed E-state index contributed by atoms with van der Waals surface area (Å²) >= 11 is 0. The molecule has 3 heterocycles. The molecule has 0 bridgehead atoms. The van der Waals surface area contributed by atoms with Crippen molar-refractivity contribution in [2.75, 3.05) is 32.1 Å². The van der Waals surface area contributed by atoms with Crippen molar-refractivity contribution in [1.29, 1.82) is 5.26 Å². The molecule has 1 unspecified atom stereocenters. The average Bonchev–Trinajstić information content (AvgIpc) is 3.55. The van der Waals surface area contributed by atoms with Crippen molar-refractivity contribution in [2.24, 2.45) is 0 Å². The van der Waals surface area contributed by atoms with Crippen molar-refractivity contribution in [2.45, 2.75) is 25.8 Å². The third-order valence-corrected chi connectivity index (χ3v) is 6.40. The van der Waals surface area contributed by atoms with Gasteiger partial charge < -0.3 is 18.6 Å². The fraction of sp³-hybridized carbons (Fsp3) is 0.308. The Morgan fingerprint density at radius 1 is 1.19 bits per heavy atom. The Bertz CT molecular complexity index is 1280. The molecule has 1 atom stereocenters. The normalized spacial score (nSPS) is 16.2. The van der Waals surface area contributed by atoms with Crippen molar-refractivity contribution in [3.63, 3.8) is 0 Å². The molecule has 2 aromatic heterocycles. The van der Waals surface area contributed by atoms with Crippen LogP contribution in [0.4, 0.5) is 5.69 Å². The first-order valence-corrected chi connectivity index (χ1v) is 10.9. The molecule has 162 valence electrons. The number of anilines is 1. The Hall–Kier alpha value is -3.56. The van der Waals surface area contributed by atoms with Crippen LogP contribution in [0.25, 0.3) is 22.2 Å². The highest BCUT2D eigenvalue weighted by Gasteiger charge is 2.31. The van der Waals surface area contributed by atoms with Gasteiger partial charge in [0.25, 0.3) is 0 Å². The van der Waals surface area contributed by atoms with Gasteiger partial charge >= 0.3 is 0 Å². The third-order valence-electron chi connectivity index (χ3n) is 6.40. The van der Waals surface area contributed by atoms with Crippen LogP contribution in [0.1, 0.15) is 29.2 Å². The molecular weight excluding hydrogens is 400 g/mol. The molecule has 0 aliphatic carbocycles. The first-order chi connectivity index (χ1) is 15.6. The summed E-state index contributed by atoms with van der Waals surface area (Å²) < 4.78 is 11.9. The highest BCUT2D eigenvalue weighted by molar-refractivity contribution is 6.02. The molecule has 32 heavy (non-hydrogen) atoms. The minimum atomic E-state index is 0.450. The Kier molecular flexibility index (Phi) is 5.20. The topological polar surface area (TPSA) is 69.4 Å². The number of benzene rings is 2. The Labute approximate surface area is 187 Å². The summed E-state index contributed by atoms with van der Waals surface area (Å²) in [4.78, 5) is 9.42. The van der Waals surface area contributed by atoms with Gasteiger partial charge in [0, 0.05) is 24.7 Å². The molecule has 0 radical (unpaired) electrons. The van der Waals surface area contributed by atoms with Crippen LogP contribution in [0.15, 0.2) is 57.6 Å². The fourth-order valence-electron chi connectivity index (χ4n) is 4.69. The second-order valence-electron chi connectivity index (χ2n) is 8.60. The summed E-state index contributed by atoms with van der Waals surface area (Å²) in [6.45, 7) is 3.85. The fourth-order valence-corrected chi connectivity index (χ4v) is 4.69. The van der Waals surface area contributed by atoms with Gasteiger partial charge in [-0.15, -0.1) is 0 Å². The summed E-state index contributed by atoms with van der Waals surface area (Å²) in [7, 11) is 4.25. The molecule has 4 aromatic rings. The highest BCUT2D eigenvalue weighted by Crippen LogP contribution is 2.44. The van der Waals surface area contributed by atoms with Crippen LogP contribution >= 0.6 is 0 Å². The van der Waals surface area contributed by atoms with Gasteiger partial charge in [-0.2, -0.15) is 5.26 Å². The molecular formula is C26H26N4O2. The lowest BCUT2D eigenvalue weighted by atomic mass is 9.93. The Balaban J connectivity index is 1.75. The number of fused-ring (bicyclic) bond motifs is 1. The largest absolute Gasteiger partial charge is 0.469 e. The first-order valence-electron chi connectivity index (χ1n) is 10.9. The maximum Gasteiger partial charge on any atom is 0.203 e. The van der Waals surface area contributed by atoms with E-state index < -0.39 is 0 Å². The number of nitriles is 1. The van der Waals surface area contributed by atoms with E-state index in [-0.39, 0.29) is 0 Å². The first kappa shape index (κ1) is 20.3. The summed E-state index contributed by atoms with van der Waals surface area (Å²) in [6.07, 6.45) is 3.18. The van der Waals surface area contributed by atoms with E-state index in [9.17, 15) is 5.26 Å². The summed E-state index contributed by atoms with van der Waals surface area (Å²) in [6, 6.07) is 16.9. The summed E-state index contributed by atoms with van der Waals surface area (Å²) in [5, 5.41) is 10.1. The van der Waals surface area contributed by atoms with Gasteiger partial charge in [-0.05, 0) is 50.7 Å². The maximum atomic E-state index is 10.1. The van der Waals surface area contributed by atoms with Crippen LogP contribution in [0.5, 0.6) is 0 Å². The molecule has 0 amide bonds. The standard InChI is InChI=1S/C26H26N4O2/c1-17-21(15-27)24-26(32-22(28-24)14-20-10-7-13-31-20)25(23(17)18-8-5-4-6-9-18)30-12-11-19(16-30)29(2)3/h4-10,13,19H,11-12,14,16H2,1-3H3. The number of furan rings is 1. The van der Waals surface area contributed by atoms with Crippen molar-refractivity contribution in [1.82, 2.24) is 9.88 Å². The van der Waals surface area contributed by atoms with E-state index >= 15 is 0 Å². The zero-order valence-electron chi connectivity index (χ0n) is 18.6. The molecule has 1 aliphatic rings. The van der Waals surface area contributed by atoms with Crippen molar-refractivity contribution >= 4 is 16.8 Å². The molecule has 5 rings (SSSR count). The number of likely N-dealkylation sites (N-methyl/N-ethyl adjacent to an activating group) is 1. The number of rotatable bonds is 5. The third kappa shape index (κ3) is 3.45. The van der Waals surface area contributed by atoms with Crippen molar-refractivity contribution < 1.29 is 8.83 Å². The van der Waals surface area contributed by atoms with E-state index in [1.807, 2.05) is 37.3 Å². The number of nitrogens with zero attached hydrogens (tertiary/aromatic N) is 4. The van der Waals surface area contributed by atoms with Crippen LogP contribution < -0.4 is 4.90 Å². The number of hydrogen-bond donors (Lipinski definition) is 0. The molecule has 6 heteroatoms. The van der Waals surface area contributed by atoms with Gasteiger partial charge in [-0.3, -0.25) is 0 Å². The van der Waals surface area contributed by atoms with Gasteiger partial charge in [0.1, 0.15) is 17.3 Å². The molecule has 1 fully saturated rings. The number of hydrogen-bond acceptors (Lipinski definition) is 6. The molecule has 1 aliphatic heterocycles. The van der Waals surface area contributed by atoms with Gasteiger partial charge in [-0.1, -0.05) is 30.3 Å². The lowest BCUT2D eigenvalue weighted by Crippen LogP contribution is -2.31. The molecule has 0 spiro atoms. The lowest BCUT2D eigenvalue weighted by Gasteiger charge is -2.25. The van der Waals surface area contributed by atoms with Crippen molar-refractivity contribution in [3.05, 3.63) is 71.5 Å². The minimum absolute atomic E-state index is 0.450. The SMILES string of the molecule is Cc1c(-c2ccccc2)c(N2CCC(N(C)C)C2)c2oc(Cc3ccco3)nc2c1C#N. The second-order valence-corrected chi connectivity index (χ2v) is 8.60. The van der Waals surface area contributed by atoms with Gasteiger partial charge in [0.15, 0.2) is 5.58 Å². The second kappa shape index (κ2) is 8.18. The van der Waals surface area contributed by atoms with Gasteiger partial charge in [0.05, 0.1) is 23.9 Å². The van der Waals surface area contributed by atoms with E-state index in [2.05, 4.69) is 42.1 Å². The minimum Gasteiger partial charge on any atom is -0.469 e. The Morgan fingerprint density at radius 3 is 2.66 bits per heavy atom. The molecule has 1 saturated heterocycles. The van der Waals surface area contributed by atoms with Crippen molar-refractivity contribution in [3.8, 4) is 17.2 Å². The molecule has 0 N–H and O–H groups in total. The molecule has 2 aromatic carbocycles. The van der Waals surface area contributed by atoms with E-state index in [4.69, 9.17) is 13.8 Å². The number of oxazole rings is 1. The van der Waals surface area contributed by atoms with E-state index in [1.165, 1.54) is 0 Å². The average molecular weight is 427 g/mol. The van der Waals surface area contributed by atoms with E-state index in [0.717, 1.165) is 47.6 Å². The molecule has 6 nitrogen and oxygen atoms in total. The summed E-state index contributed by atoms with van der Waals surface area (Å²) in [5.41, 5.74) is 5.99. The zero-order valence-corrected chi connectivity index (χ0v) is 18.6. The van der Waals surface area contributed by atoms with Gasteiger partial charge in [-0.25, -0.2) is 4.98 Å². The quantitative estimate of drug-likeness (QED) is 0.447. The van der Waals surface area contributed by atoms with Crippen LogP contribution in [-0.2, 0) is 6.42 Å². The lowest BCUT2D eigenvalue weighted by molar-refractivity contribution is 0.315. The predicted molar refractivity (Wildman–Crippen MR) is 125 cm³/mol. The van der Waals surface area contributed by atoms with Gasteiger partial charge in [0.2, 0.25) is 5.89 Å². The van der Waals surface area contributed by atoms with Crippen LogP contribution in [0, 0.1) is 18.3 Å². The monoisotopic (exact) mass is 426 g/mol. The predicted octanol–water partition coefficient (Wildman–Crippen LogP) is 5.00. The van der Waals surface area contributed by atoms with Crippen LogP contribution in [0.2, 0.25) is 0 Å². The Morgan fingerprint density at radius 2 is 2.00 bits per heavy atom. The number of aromatic nitrogens is 1. The maximum absolute atomic E-state index is 10.1. The smallest absolute Gasteiger partial charge is 0.203 e. The van der Waals surface area contributed by atoms with Crippen LogP contribution in [0.3, 0.4) is 0 Å². The highest BCUT2D eigenvalue weighted by atomic mass is 16.4. The molecule has 0 saturated carbocycles. The zero-order chi connectivity index (χ0) is 22.2.